The molecule has 0 saturated heterocycles. The minimum atomic E-state index is -0.474. The molecule has 1 unspecified atom stereocenters. The summed E-state index contributed by atoms with van der Waals surface area (Å²) < 4.78 is 5.20. The van der Waals surface area contributed by atoms with E-state index in [1.54, 1.807) is 12.1 Å². The smallest absolute Gasteiger partial charge is 0.255 e. The molecule has 0 bridgehead atoms. The number of phenolic OH excluding ortho intramolecular Hbond substituents is 1. The van der Waals surface area contributed by atoms with E-state index < -0.39 is 6.04 Å². The van der Waals surface area contributed by atoms with Crippen LogP contribution >= 0.6 is 12.2 Å². The number of carbonyl (C=O) groups is 1. The molecule has 28 heavy (non-hydrogen) atoms. The van der Waals surface area contributed by atoms with Gasteiger partial charge in [0.25, 0.3) is 5.91 Å². The Morgan fingerprint density at radius 3 is 2.61 bits per heavy atom. The van der Waals surface area contributed by atoms with Crippen molar-refractivity contribution in [2.75, 3.05) is 12.4 Å². The van der Waals surface area contributed by atoms with Crippen LogP contribution in [0.5, 0.6) is 11.5 Å². The third kappa shape index (κ3) is 4.09. The van der Waals surface area contributed by atoms with Crippen molar-refractivity contribution in [3.63, 3.8) is 0 Å². The topological polar surface area (TPSA) is 82.6 Å². The highest BCUT2D eigenvalue weighted by Gasteiger charge is 2.30. The Morgan fingerprint density at radius 2 is 1.96 bits per heavy atom. The van der Waals surface area contributed by atoms with Gasteiger partial charge in [-0.25, -0.2) is 0 Å². The largest absolute Gasteiger partial charge is 0.504 e. The van der Waals surface area contributed by atoms with E-state index in [1.165, 1.54) is 18.7 Å². The third-order valence-corrected chi connectivity index (χ3v) is 4.89. The van der Waals surface area contributed by atoms with Gasteiger partial charge in [-0.05, 0) is 61.0 Å². The number of aromatic hydroxyl groups is 1. The molecule has 1 aliphatic heterocycles. The average molecular weight is 398 g/mol. The summed E-state index contributed by atoms with van der Waals surface area (Å²) in [6, 6.07) is 12.3. The number of rotatable bonds is 5. The van der Waals surface area contributed by atoms with Crippen molar-refractivity contribution in [2.24, 2.45) is 0 Å². The summed E-state index contributed by atoms with van der Waals surface area (Å²) in [5.41, 5.74) is 3.86. The van der Waals surface area contributed by atoms with E-state index >= 15 is 0 Å². The van der Waals surface area contributed by atoms with Crippen LogP contribution in [0.25, 0.3) is 0 Å². The number of anilines is 1. The molecule has 0 saturated carbocycles. The first-order valence-corrected chi connectivity index (χ1v) is 9.39. The lowest BCUT2D eigenvalue weighted by atomic mass is 9.94. The van der Waals surface area contributed by atoms with Gasteiger partial charge in [-0.15, -0.1) is 0 Å². The van der Waals surface area contributed by atoms with Crippen LogP contribution in [0, 0.1) is 0 Å². The Morgan fingerprint density at radius 1 is 1.25 bits per heavy atom. The van der Waals surface area contributed by atoms with Gasteiger partial charge in [0.1, 0.15) is 0 Å². The van der Waals surface area contributed by atoms with E-state index in [0.717, 1.165) is 17.7 Å². The number of hydrogen-bond acceptors (Lipinski definition) is 4. The minimum absolute atomic E-state index is 0.0328. The molecule has 7 heteroatoms. The van der Waals surface area contributed by atoms with Crippen LogP contribution in [-0.2, 0) is 11.2 Å². The SMILES string of the molecule is CCc1ccc(NC(=O)C2=C(C)NC(=S)NC2c2ccc(O)c(OC)c2)cc1. The highest BCUT2D eigenvalue weighted by molar-refractivity contribution is 7.80. The van der Waals surface area contributed by atoms with Gasteiger partial charge < -0.3 is 25.8 Å². The second-order valence-electron chi connectivity index (χ2n) is 6.51. The zero-order valence-electron chi connectivity index (χ0n) is 16.0. The fourth-order valence-corrected chi connectivity index (χ4v) is 3.41. The molecule has 4 N–H and O–H groups in total. The van der Waals surface area contributed by atoms with Crippen molar-refractivity contribution >= 4 is 28.9 Å². The Kier molecular flexibility index (Phi) is 5.84. The van der Waals surface area contributed by atoms with Crippen LogP contribution in [-0.4, -0.2) is 23.2 Å². The average Bonchev–Trinajstić information content (AvgIpc) is 2.68. The molecule has 0 radical (unpaired) electrons. The maximum Gasteiger partial charge on any atom is 0.255 e. The first-order chi connectivity index (χ1) is 13.4. The number of allylic oxidation sites excluding steroid dienone is 1. The lowest BCUT2D eigenvalue weighted by molar-refractivity contribution is -0.113. The van der Waals surface area contributed by atoms with Crippen molar-refractivity contribution in [3.8, 4) is 11.5 Å². The summed E-state index contributed by atoms with van der Waals surface area (Å²) in [4.78, 5) is 13.1. The number of benzene rings is 2. The van der Waals surface area contributed by atoms with E-state index in [0.29, 0.717) is 22.1 Å². The number of hydrogen-bond donors (Lipinski definition) is 4. The van der Waals surface area contributed by atoms with Gasteiger partial charge in [0.15, 0.2) is 16.6 Å². The van der Waals surface area contributed by atoms with Crippen molar-refractivity contribution in [2.45, 2.75) is 26.3 Å². The number of methoxy groups -OCH3 is 1. The normalized spacial score (nSPS) is 16.2. The molecule has 3 rings (SSSR count). The predicted molar refractivity (Wildman–Crippen MR) is 113 cm³/mol. The summed E-state index contributed by atoms with van der Waals surface area (Å²) in [6.07, 6.45) is 0.939. The number of thiocarbonyl (C=S) groups is 1. The van der Waals surface area contributed by atoms with E-state index in [4.69, 9.17) is 17.0 Å². The van der Waals surface area contributed by atoms with Gasteiger partial charge in [-0.2, -0.15) is 0 Å². The monoisotopic (exact) mass is 397 g/mol. The summed E-state index contributed by atoms with van der Waals surface area (Å²) >= 11 is 5.27. The third-order valence-electron chi connectivity index (χ3n) is 4.67. The van der Waals surface area contributed by atoms with E-state index in [1.807, 2.05) is 31.2 Å². The summed E-state index contributed by atoms with van der Waals surface area (Å²) in [5, 5.41) is 19.4. The fraction of sp³-hybridized carbons (Fsp3) is 0.238. The van der Waals surface area contributed by atoms with Crippen molar-refractivity contribution in [1.29, 1.82) is 0 Å². The molecule has 1 atom stereocenters. The number of amides is 1. The zero-order valence-corrected chi connectivity index (χ0v) is 16.8. The summed E-state index contributed by atoms with van der Waals surface area (Å²) in [5.74, 6) is 0.128. The van der Waals surface area contributed by atoms with E-state index in [9.17, 15) is 9.90 Å². The number of carbonyl (C=O) groups excluding carboxylic acids is 1. The van der Waals surface area contributed by atoms with Crippen LogP contribution < -0.4 is 20.7 Å². The van der Waals surface area contributed by atoms with E-state index in [2.05, 4.69) is 22.9 Å². The standard InChI is InChI=1S/C21H23N3O3S/c1-4-13-5-8-15(9-6-13)23-20(26)18-12(2)22-21(28)24-19(18)14-7-10-16(25)17(11-14)27-3/h5-11,19,25H,4H2,1-3H3,(H,23,26)(H2,22,24,28). The van der Waals surface area contributed by atoms with Crippen LogP contribution in [0.1, 0.15) is 31.0 Å². The highest BCUT2D eigenvalue weighted by atomic mass is 32.1. The highest BCUT2D eigenvalue weighted by Crippen LogP contribution is 2.33. The molecule has 146 valence electrons. The van der Waals surface area contributed by atoms with Gasteiger partial charge in [0.05, 0.1) is 18.7 Å². The molecule has 0 aromatic heterocycles. The quantitative estimate of drug-likeness (QED) is 0.579. The number of phenols is 1. The summed E-state index contributed by atoms with van der Waals surface area (Å²) in [7, 11) is 1.48. The van der Waals surface area contributed by atoms with Gasteiger partial charge in [-0.1, -0.05) is 25.1 Å². The van der Waals surface area contributed by atoms with Gasteiger partial charge >= 0.3 is 0 Å². The fourth-order valence-electron chi connectivity index (χ4n) is 3.14. The number of ether oxygens (including phenoxy) is 1. The molecule has 6 nitrogen and oxygen atoms in total. The Bertz CT molecular complexity index is 938. The lowest BCUT2D eigenvalue weighted by Crippen LogP contribution is -2.45. The second kappa shape index (κ2) is 8.31. The molecule has 0 fully saturated rings. The zero-order chi connectivity index (χ0) is 20.3. The lowest BCUT2D eigenvalue weighted by Gasteiger charge is -2.30. The molecule has 2 aromatic carbocycles. The van der Waals surface area contributed by atoms with Crippen LogP contribution in [0.15, 0.2) is 53.7 Å². The molecule has 0 aliphatic carbocycles. The molecular formula is C21H23N3O3S. The van der Waals surface area contributed by atoms with Crippen LogP contribution in [0.3, 0.4) is 0 Å². The van der Waals surface area contributed by atoms with Crippen molar-refractivity contribution in [1.82, 2.24) is 10.6 Å². The maximum atomic E-state index is 13.1. The molecule has 0 spiro atoms. The van der Waals surface area contributed by atoms with Crippen molar-refractivity contribution < 1.29 is 14.6 Å². The van der Waals surface area contributed by atoms with Crippen LogP contribution in [0.4, 0.5) is 5.69 Å². The van der Waals surface area contributed by atoms with Crippen molar-refractivity contribution in [3.05, 3.63) is 64.9 Å². The molecule has 2 aromatic rings. The Hall–Kier alpha value is -3.06. The first-order valence-electron chi connectivity index (χ1n) is 8.98. The number of aryl methyl sites for hydroxylation is 1. The maximum absolute atomic E-state index is 13.1. The molecule has 1 heterocycles. The molecular weight excluding hydrogens is 374 g/mol. The summed E-state index contributed by atoms with van der Waals surface area (Å²) in [6.45, 7) is 3.90. The van der Waals surface area contributed by atoms with Gasteiger partial charge in [0.2, 0.25) is 0 Å². The Labute approximate surface area is 169 Å². The first kappa shape index (κ1) is 19.7. The van der Waals surface area contributed by atoms with Crippen LogP contribution in [0.2, 0.25) is 0 Å². The Balaban J connectivity index is 1.93. The minimum Gasteiger partial charge on any atom is -0.504 e. The molecule has 1 aliphatic rings. The van der Waals surface area contributed by atoms with E-state index in [-0.39, 0.29) is 11.7 Å². The van der Waals surface area contributed by atoms with Gasteiger partial charge in [0, 0.05) is 11.4 Å². The molecule has 1 amide bonds. The number of nitrogens with one attached hydrogen (secondary N) is 3. The van der Waals surface area contributed by atoms with Gasteiger partial charge in [-0.3, -0.25) is 4.79 Å². The predicted octanol–water partition coefficient (Wildman–Crippen LogP) is 3.39. The second-order valence-corrected chi connectivity index (χ2v) is 6.91.